The summed E-state index contributed by atoms with van der Waals surface area (Å²) >= 11 is 0. The van der Waals surface area contributed by atoms with Crippen molar-refractivity contribution in [3.63, 3.8) is 0 Å². The Labute approximate surface area is 120 Å². The molecule has 3 aliphatic rings. The van der Waals surface area contributed by atoms with Gasteiger partial charge in [0.15, 0.2) is 11.5 Å². The number of rotatable bonds is 3. The third kappa shape index (κ3) is 2.57. The molecule has 2 heterocycles. The van der Waals surface area contributed by atoms with Crippen molar-refractivity contribution in [2.45, 2.75) is 37.8 Å². The molecule has 1 atom stereocenters. The molecule has 4 heteroatoms. The summed E-state index contributed by atoms with van der Waals surface area (Å²) < 4.78 is 11.5. The fourth-order valence-electron chi connectivity index (χ4n) is 3.06. The lowest BCUT2D eigenvalue weighted by Gasteiger charge is -2.20. The molecule has 0 spiro atoms. The van der Waals surface area contributed by atoms with Crippen LogP contribution in [0.3, 0.4) is 0 Å². The van der Waals surface area contributed by atoms with Gasteiger partial charge in [0.05, 0.1) is 13.2 Å². The monoisotopic (exact) mass is 274 g/mol. The highest BCUT2D eigenvalue weighted by molar-refractivity contribution is 5.57. The van der Waals surface area contributed by atoms with Crippen LogP contribution in [0.4, 0.5) is 5.69 Å². The number of anilines is 1. The zero-order valence-corrected chi connectivity index (χ0v) is 11.8. The van der Waals surface area contributed by atoms with Crippen LogP contribution in [0.5, 0.6) is 11.5 Å². The molecule has 1 aliphatic carbocycles. The van der Waals surface area contributed by atoms with Crippen molar-refractivity contribution in [2.75, 3.05) is 31.2 Å². The first-order chi connectivity index (χ1) is 9.88. The van der Waals surface area contributed by atoms with Gasteiger partial charge in [-0.25, -0.2) is 0 Å². The summed E-state index contributed by atoms with van der Waals surface area (Å²) in [5.74, 6) is 1.79. The lowest BCUT2D eigenvalue weighted by atomic mass is 10.2. The number of nitrogens with one attached hydrogen (secondary N) is 1. The normalized spacial score (nSPS) is 25.6. The number of ether oxygens (including phenoxy) is 2. The maximum Gasteiger partial charge on any atom is 0.163 e. The molecular formula is C16H22N2O2. The quantitative estimate of drug-likeness (QED) is 0.916. The minimum atomic E-state index is 0.651. The van der Waals surface area contributed by atoms with Gasteiger partial charge < -0.3 is 19.7 Å². The zero-order chi connectivity index (χ0) is 13.4. The number of fused-ring (bicyclic) bond motifs is 1. The van der Waals surface area contributed by atoms with Gasteiger partial charge in [-0.1, -0.05) is 0 Å². The Bertz CT molecular complexity index is 487. The van der Waals surface area contributed by atoms with Crippen LogP contribution >= 0.6 is 0 Å². The van der Waals surface area contributed by atoms with E-state index < -0.39 is 0 Å². The summed E-state index contributed by atoms with van der Waals surface area (Å²) in [6.07, 6.45) is 4.92. The summed E-state index contributed by atoms with van der Waals surface area (Å²) in [6.45, 7) is 3.74. The number of benzene rings is 1. The smallest absolute Gasteiger partial charge is 0.163 e. The van der Waals surface area contributed by atoms with E-state index in [0.717, 1.165) is 50.3 Å². The summed E-state index contributed by atoms with van der Waals surface area (Å²) in [5.41, 5.74) is 1.26. The lowest BCUT2D eigenvalue weighted by Crippen LogP contribution is -2.33. The highest BCUT2D eigenvalue weighted by atomic mass is 16.5. The van der Waals surface area contributed by atoms with Gasteiger partial charge in [-0.2, -0.15) is 0 Å². The lowest BCUT2D eigenvalue weighted by molar-refractivity contribution is 0.297. The minimum Gasteiger partial charge on any atom is -0.490 e. The molecule has 1 aromatic carbocycles. The largest absolute Gasteiger partial charge is 0.490 e. The van der Waals surface area contributed by atoms with Gasteiger partial charge in [0.1, 0.15) is 0 Å². The molecule has 0 aromatic heterocycles. The molecule has 1 aromatic rings. The standard InChI is InChI=1S/C16H22N2O2/c1-8-19-15-5-4-14(10-16(15)20-9-1)18-7-6-13(11-18)17-12-2-3-12/h4-5,10,12-13,17H,1-3,6-9,11H2. The van der Waals surface area contributed by atoms with Crippen molar-refractivity contribution >= 4 is 5.69 Å². The summed E-state index contributed by atoms with van der Waals surface area (Å²) in [7, 11) is 0. The van der Waals surface area contributed by atoms with Gasteiger partial charge in [0.2, 0.25) is 0 Å². The molecule has 1 saturated heterocycles. The molecule has 4 nitrogen and oxygen atoms in total. The molecule has 108 valence electrons. The molecule has 0 radical (unpaired) electrons. The van der Waals surface area contributed by atoms with Gasteiger partial charge in [0, 0.05) is 43.3 Å². The van der Waals surface area contributed by atoms with E-state index in [4.69, 9.17) is 9.47 Å². The van der Waals surface area contributed by atoms with Crippen molar-refractivity contribution in [1.29, 1.82) is 0 Å². The zero-order valence-electron chi connectivity index (χ0n) is 11.8. The van der Waals surface area contributed by atoms with E-state index in [9.17, 15) is 0 Å². The molecule has 1 N–H and O–H groups in total. The van der Waals surface area contributed by atoms with Gasteiger partial charge in [-0.05, 0) is 31.4 Å². The van der Waals surface area contributed by atoms with E-state index in [1.54, 1.807) is 0 Å². The first-order valence-electron chi connectivity index (χ1n) is 7.79. The van der Waals surface area contributed by atoms with Crippen molar-refractivity contribution in [2.24, 2.45) is 0 Å². The molecule has 1 saturated carbocycles. The van der Waals surface area contributed by atoms with Gasteiger partial charge in [-0.3, -0.25) is 0 Å². The molecule has 2 fully saturated rings. The average Bonchev–Trinajstić information content (AvgIpc) is 3.20. The summed E-state index contributed by atoms with van der Waals surface area (Å²) in [4.78, 5) is 2.45. The Balaban J connectivity index is 1.46. The molecule has 0 bridgehead atoms. The topological polar surface area (TPSA) is 33.7 Å². The van der Waals surface area contributed by atoms with Crippen molar-refractivity contribution in [1.82, 2.24) is 5.32 Å². The van der Waals surface area contributed by atoms with Crippen LogP contribution in [0.2, 0.25) is 0 Å². The third-order valence-electron chi connectivity index (χ3n) is 4.33. The Hall–Kier alpha value is -1.42. The second-order valence-corrected chi connectivity index (χ2v) is 6.05. The first-order valence-corrected chi connectivity index (χ1v) is 7.79. The second-order valence-electron chi connectivity index (χ2n) is 6.05. The Morgan fingerprint density at radius 1 is 1.00 bits per heavy atom. The fourth-order valence-corrected chi connectivity index (χ4v) is 3.06. The fraction of sp³-hybridized carbons (Fsp3) is 0.625. The average molecular weight is 274 g/mol. The van der Waals surface area contributed by atoms with E-state index in [1.807, 2.05) is 0 Å². The van der Waals surface area contributed by atoms with Crippen molar-refractivity contribution in [3.05, 3.63) is 18.2 Å². The van der Waals surface area contributed by atoms with E-state index in [1.165, 1.54) is 24.9 Å². The number of hydrogen-bond acceptors (Lipinski definition) is 4. The minimum absolute atomic E-state index is 0.651. The van der Waals surface area contributed by atoms with Gasteiger partial charge >= 0.3 is 0 Å². The Morgan fingerprint density at radius 2 is 1.85 bits per heavy atom. The second kappa shape index (κ2) is 5.17. The predicted octanol–water partition coefficient (Wildman–Crippen LogP) is 2.18. The van der Waals surface area contributed by atoms with Crippen LogP contribution in [0, 0.1) is 0 Å². The van der Waals surface area contributed by atoms with Crippen molar-refractivity contribution in [3.8, 4) is 11.5 Å². The molecule has 0 amide bonds. The molecule has 4 rings (SSSR count). The van der Waals surface area contributed by atoms with Crippen LogP contribution in [-0.2, 0) is 0 Å². The Kier molecular flexibility index (Phi) is 3.19. The van der Waals surface area contributed by atoms with Crippen LogP contribution in [0.25, 0.3) is 0 Å². The summed E-state index contributed by atoms with van der Waals surface area (Å²) in [6, 6.07) is 7.80. The van der Waals surface area contributed by atoms with Crippen LogP contribution in [-0.4, -0.2) is 38.4 Å². The Morgan fingerprint density at radius 3 is 2.70 bits per heavy atom. The number of hydrogen-bond donors (Lipinski definition) is 1. The predicted molar refractivity (Wildman–Crippen MR) is 78.8 cm³/mol. The van der Waals surface area contributed by atoms with Gasteiger partial charge in [0.25, 0.3) is 0 Å². The third-order valence-corrected chi connectivity index (χ3v) is 4.33. The number of nitrogens with zero attached hydrogens (tertiary/aromatic N) is 1. The van der Waals surface area contributed by atoms with E-state index >= 15 is 0 Å². The van der Waals surface area contributed by atoms with Gasteiger partial charge in [-0.15, -0.1) is 0 Å². The SMILES string of the molecule is c1cc2c(cc1N1CCC(NC3CC3)C1)OCCCO2. The van der Waals surface area contributed by atoms with Crippen LogP contribution < -0.4 is 19.7 Å². The van der Waals surface area contributed by atoms with Crippen molar-refractivity contribution < 1.29 is 9.47 Å². The van der Waals surface area contributed by atoms with E-state index in [0.29, 0.717) is 6.04 Å². The maximum atomic E-state index is 5.78. The van der Waals surface area contributed by atoms with Crippen LogP contribution in [0.15, 0.2) is 18.2 Å². The summed E-state index contributed by atoms with van der Waals surface area (Å²) in [5, 5.41) is 3.73. The van der Waals surface area contributed by atoms with E-state index in [2.05, 4.69) is 28.4 Å². The molecule has 1 unspecified atom stereocenters. The molecular weight excluding hydrogens is 252 g/mol. The highest BCUT2D eigenvalue weighted by Crippen LogP contribution is 2.35. The molecule has 2 aliphatic heterocycles. The van der Waals surface area contributed by atoms with Crippen LogP contribution in [0.1, 0.15) is 25.7 Å². The maximum absolute atomic E-state index is 5.78. The van der Waals surface area contributed by atoms with E-state index in [-0.39, 0.29) is 0 Å². The first kappa shape index (κ1) is 12.3. The molecule has 20 heavy (non-hydrogen) atoms. The highest BCUT2D eigenvalue weighted by Gasteiger charge is 2.29.